The third kappa shape index (κ3) is 7.16. The fraction of sp³-hybridized carbons (Fsp3) is 0.500. The summed E-state index contributed by atoms with van der Waals surface area (Å²) in [5, 5.41) is 7.13. The molecule has 1 N–H and O–H groups in total. The molecule has 2 heterocycles. The van der Waals surface area contributed by atoms with E-state index in [2.05, 4.69) is 57.6 Å². The van der Waals surface area contributed by atoms with Crippen molar-refractivity contribution in [3.63, 3.8) is 0 Å². The van der Waals surface area contributed by atoms with E-state index >= 15 is 0 Å². The van der Waals surface area contributed by atoms with Crippen molar-refractivity contribution in [2.75, 3.05) is 47.3 Å². The molecule has 172 valence electrons. The van der Waals surface area contributed by atoms with Crippen molar-refractivity contribution in [2.45, 2.75) is 18.8 Å². The Balaban J connectivity index is 0.00000341. The number of rotatable bonds is 7. The van der Waals surface area contributed by atoms with Gasteiger partial charge in [-0.3, -0.25) is 4.99 Å². The van der Waals surface area contributed by atoms with Crippen LogP contribution in [0.5, 0.6) is 0 Å². The van der Waals surface area contributed by atoms with Gasteiger partial charge >= 0.3 is 0 Å². The summed E-state index contributed by atoms with van der Waals surface area (Å²) in [7, 11) is 2.45. The van der Waals surface area contributed by atoms with Crippen LogP contribution >= 0.6 is 24.0 Å². The first kappa shape index (κ1) is 25.6. The average molecular weight is 562 g/mol. The summed E-state index contributed by atoms with van der Waals surface area (Å²) in [6, 6.07) is 9.92. The van der Waals surface area contributed by atoms with Crippen molar-refractivity contribution in [3.05, 3.63) is 53.4 Å². The molecule has 0 amide bonds. The Kier molecular flexibility index (Phi) is 9.72. The van der Waals surface area contributed by atoms with Gasteiger partial charge in [-0.1, -0.05) is 29.4 Å². The van der Waals surface area contributed by atoms with Crippen molar-refractivity contribution in [3.8, 4) is 0 Å². The molecule has 1 aromatic carbocycles. The third-order valence-corrected chi connectivity index (χ3v) is 6.82. The molecule has 11 heteroatoms. The maximum Gasteiger partial charge on any atom is 0.220 e. The molecule has 31 heavy (non-hydrogen) atoms. The molecule has 0 unspecified atom stereocenters. The van der Waals surface area contributed by atoms with Crippen LogP contribution in [0.1, 0.15) is 16.8 Å². The minimum absolute atomic E-state index is 0. The Morgan fingerprint density at radius 2 is 1.84 bits per heavy atom. The van der Waals surface area contributed by atoms with Crippen LogP contribution in [0.4, 0.5) is 0 Å². The number of halogens is 1. The standard InChI is InChI=1S/C20H30N6O3S.HI/c1-21-20(22-14-17-6-4-5-7-18(17)15-24(2)3)25-9-11-26(12-10-25)30(27,28)16-19-8-13-29-23-19;/h4-8,13H,9-12,14-16H2,1-3H3,(H,21,22);1H. The summed E-state index contributed by atoms with van der Waals surface area (Å²) in [6.45, 7) is 3.53. The number of guanidine groups is 1. The molecule has 0 atom stereocenters. The van der Waals surface area contributed by atoms with E-state index in [1.54, 1.807) is 13.1 Å². The van der Waals surface area contributed by atoms with Gasteiger partial charge in [-0.2, -0.15) is 4.31 Å². The van der Waals surface area contributed by atoms with Gasteiger partial charge in [0.1, 0.15) is 12.0 Å². The van der Waals surface area contributed by atoms with Gasteiger partial charge in [-0.25, -0.2) is 8.42 Å². The first-order valence-corrected chi connectivity index (χ1v) is 11.5. The van der Waals surface area contributed by atoms with E-state index in [0.29, 0.717) is 38.4 Å². The quantitative estimate of drug-likeness (QED) is 0.311. The number of nitrogens with zero attached hydrogens (tertiary/aromatic N) is 5. The zero-order valence-electron chi connectivity index (χ0n) is 18.2. The second-order valence-electron chi connectivity index (χ2n) is 7.54. The highest BCUT2D eigenvalue weighted by Gasteiger charge is 2.29. The second-order valence-corrected chi connectivity index (χ2v) is 9.51. The van der Waals surface area contributed by atoms with E-state index in [1.165, 1.54) is 21.7 Å². The number of piperazine rings is 1. The molecule has 1 aliphatic heterocycles. The van der Waals surface area contributed by atoms with Crippen molar-refractivity contribution in [1.82, 2.24) is 24.6 Å². The Morgan fingerprint density at radius 3 is 2.42 bits per heavy atom. The fourth-order valence-corrected chi connectivity index (χ4v) is 4.92. The maximum absolute atomic E-state index is 12.6. The third-order valence-electron chi connectivity index (χ3n) is 5.01. The highest BCUT2D eigenvalue weighted by atomic mass is 127. The van der Waals surface area contributed by atoms with Gasteiger partial charge in [0.25, 0.3) is 0 Å². The number of nitrogens with one attached hydrogen (secondary N) is 1. The van der Waals surface area contributed by atoms with Gasteiger partial charge in [0.05, 0.1) is 5.69 Å². The molecule has 1 aliphatic rings. The molecule has 0 aliphatic carbocycles. The van der Waals surface area contributed by atoms with Gasteiger partial charge in [0, 0.05) is 52.4 Å². The molecular weight excluding hydrogens is 531 g/mol. The lowest BCUT2D eigenvalue weighted by Crippen LogP contribution is -2.53. The molecule has 1 aromatic heterocycles. The van der Waals surface area contributed by atoms with Crippen molar-refractivity contribution < 1.29 is 12.9 Å². The molecule has 0 spiro atoms. The molecule has 0 bridgehead atoms. The van der Waals surface area contributed by atoms with Crippen LogP contribution in [-0.2, 0) is 28.9 Å². The lowest BCUT2D eigenvalue weighted by molar-refractivity contribution is 0.259. The summed E-state index contributed by atoms with van der Waals surface area (Å²) >= 11 is 0. The Hall–Kier alpha value is -1.70. The molecule has 1 saturated heterocycles. The van der Waals surface area contributed by atoms with Gasteiger partial charge in [0.2, 0.25) is 10.0 Å². The van der Waals surface area contributed by atoms with E-state index in [-0.39, 0.29) is 29.7 Å². The van der Waals surface area contributed by atoms with Gasteiger partial charge in [-0.05, 0) is 25.2 Å². The van der Waals surface area contributed by atoms with E-state index in [9.17, 15) is 8.42 Å². The van der Waals surface area contributed by atoms with Crippen LogP contribution < -0.4 is 5.32 Å². The molecule has 9 nitrogen and oxygen atoms in total. The summed E-state index contributed by atoms with van der Waals surface area (Å²) < 4.78 is 31.5. The van der Waals surface area contributed by atoms with E-state index in [1.807, 2.05) is 6.07 Å². The molecule has 1 fully saturated rings. The normalized spacial score (nSPS) is 15.7. The zero-order chi connectivity index (χ0) is 21.6. The predicted molar refractivity (Wildman–Crippen MR) is 132 cm³/mol. The zero-order valence-corrected chi connectivity index (χ0v) is 21.3. The van der Waals surface area contributed by atoms with Crippen LogP contribution in [0.15, 0.2) is 46.1 Å². The highest BCUT2D eigenvalue weighted by molar-refractivity contribution is 14.0. The number of benzene rings is 1. The van der Waals surface area contributed by atoms with Gasteiger partial charge in [0.15, 0.2) is 5.96 Å². The smallest absolute Gasteiger partial charge is 0.220 e. The van der Waals surface area contributed by atoms with E-state index in [0.717, 1.165) is 12.5 Å². The SMILES string of the molecule is CN=C(NCc1ccccc1CN(C)C)N1CCN(S(=O)(=O)Cc2ccon2)CC1.I. The van der Waals surface area contributed by atoms with Gasteiger partial charge in [-0.15, -0.1) is 24.0 Å². The number of hydrogen-bond acceptors (Lipinski definition) is 6. The highest BCUT2D eigenvalue weighted by Crippen LogP contribution is 2.14. The lowest BCUT2D eigenvalue weighted by Gasteiger charge is -2.35. The number of aromatic nitrogens is 1. The molecule has 3 rings (SSSR count). The summed E-state index contributed by atoms with van der Waals surface area (Å²) in [4.78, 5) is 8.64. The average Bonchev–Trinajstić information content (AvgIpc) is 3.22. The summed E-state index contributed by atoms with van der Waals surface area (Å²) in [5.41, 5.74) is 2.92. The van der Waals surface area contributed by atoms with E-state index in [4.69, 9.17) is 4.52 Å². The minimum Gasteiger partial charge on any atom is -0.364 e. The van der Waals surface area contributed by atoms with Crippen LogP contribution in [0.25, 0.3) is 0 Å². The Morgan fingerprint density at radius 1 is 1.16 bits per heavy atom. The number of aliphatic imine (C=N–C) groups is 1. The Bertz CT molecular complexity index is 942. The molecule has 0 radical (unpaired) electrons. The van der Waals surface area contributed by atoms with Crippen molar-refractivity contribution in [1.29, 1.82) is 0 Å². The number of sulfonamides is 1. The lowest BCUT2D eigenvalue weighted by atomic mass is 10.1. The predicted octanol–water partition coefficient (Wildman–Crippen LogP) is 1.58. The second kappa shape index (κ2) is 11.8. The summed E-state index contributed by atoms with van der Waals surface area (Å²) in [6.07, 6.45) is 1.38. The Labute approximate surface area is 201 Å². The first-order valence-electron chi connectivity index (χ1n) is 9.93. The number of hydrogen-bond donors (Lipinski definition) is 1. The fourth-order valence-electron chi connectivity index (χ4n) is 3.50. The van der Waals surface area contributed by atoms with Crippen LogP contribution in [0.3, 0.4) is 0 Å². The minimum atomic E-state index is -3.42. The van der Waals surface area contributed by atoms with Crippen LogP contribution in [-0.4, -0.2) is 81.0 Å². The molecule has 0 saturated carbocycles. The summed E-state index contributed by atoms with van der Waals surface area (Å²) in [5.74, 6) is 0.641. The van der Waals surface area contributed by atoms with Crippen LogP contribution in [0.2, 0.25) is 0 Å². The monoisotopic (exact) mass is 562 g/mol. The molecular formula is C20H31IN6O3S. The van der Waals surface area contributed by atoms with Crippen molar-refractivity contribution >= 4 is 40.0 Å². The topological polar surface area (TPSA) is 94.3 Å². The van der Waals surface area contributed by atoms with E-state index < -0.39 is 10.0 Å². The van der Waals surface area contributed by atoms with Gasteiger partial charge < -0.3 is 19.6 Å². The maximum atomic E-state index is 12.6. The van der Waals surface area contributed by atoms with Crippen LogP contribution in [0, 0.1) is 0 Å². The largest absolute Gasteiger partial charge is 0.364 e. The first-order chi connectivity index (χ1) is 14.4. The molecule has 2 aromatic rings. The van der Waals surface area contributed by atoms with Crippen molar-refractivity contribution in [2.24, 2.45) is 4.99 Å².